The van der Waals surface area contributed by atoms with Gasteiger partial charge in [-0.25, -0.2) is 0 Å². The van der Waals surface area contributed by atoms with Gasteiger partial charge < -0.3 is 5.32 Å². The molecule has 1 aliphatic carbocycles. The molecule has 1 aliphatic heterocycles. The van der Waals surface area contributed by atoms with Crippen LogP contribution in [0.15, 0.2) is 24.5 Å². The molecule has 0 amide bonds. The maximum absolute atomic E-state index is 4.22. The first-order chi connectivity index (χ1) is 8.65. The van der Waals surface area contributed by atoms with E-state index in [1.807, 2.05) is 18.5 Å². The van der Waals surface area contributed by atoms with Gasteiger partial charge in [0.15, 0.2) is 0 Å². The third-order valence-electron chi connectivity index (χ3n) is 4.36. The summed E-state index contributed by atoms with van der Waals surface area (Å²) in [5, 5.41) is 3.73. The fourth-order valence-corrected chi connectivity index (χ4v) is 2.85. The lowest BCUT2D eigenvalue weighted by molar-refractivity contribution is 0.0533. The summed E-state index contributed by atoms with van der Waals surface area (Å²) in [6.07, 6.45) is 6.67. The van der Waals surface area contributed by atoms with E-state index in [0.29, 0.717) is 6.04 Å². The summed E-state index contributed by atoms with van der Waals surface area (Å²) in [7, 11) is 0. The average Bonchev–Trinajstić information content (AvgIpc) is 3.17. The fraction of sp³-hybridized carbons (Fsp3) is 0.667. The number of nitrogens with zero attached hydrogens (tertiary/aromatic N) is 2. The van der Waals surface area contributed by atoms with Crippen molar-refractivity contribution in [2.24, 2.45) is 5.92 Å². The van der Waals surface area contributed by atoms with Gasteiger partial charge in [-0.3, -0.25) is 9.88 Å². The molecule has 0 aromatic carbocycles. The van der Waals surface area contributed by atoms with Gasteiger partial charge in [-0.15, -0.1) is 0 Å². The monoisotopic (exact) mass is 245 g/mol. The third-order valence-corrected chi connectivity index (χ3v) is 4.36. The summed E-state index contributed by atoms with van der Waals surface area (Å²) in [6.45, 7) is 7.95. The van der Waals surface area contributed by atoms with Crippen molar-refractivity contribution in [3.63, 3.8) is 0 Å². The number of hydrogen-bond donors (Lipinski definition) is 1. The van der Waals surface area contributed by atoms with E-state index >= 15 is 0 Å². The Morgan fingerprint density at radius 2 is 2.28 bits per heavy atom. The Morgan fingerprint density at radius 1 is 1.44 bits per heavy atom. The third kappa shape index (κ3) is 2.57. The highest BCUT2D eigenvalue weighted by molar-refractivity contribution is 5.10. The van der Waals surface area contributed by atoms with Gasteiger partial charge in [-0.1, -0.05) is 6.07 Å². The van der Waals surface area contributed by atoms with Crippen LogP contribution in [-0.2, 0) is 6.54 Å². The predicted octanol–water partition coefficient (Wildman–Crippen LogP) is 2.04. The van der Waals surface area contributed by atoms with E-state index in [0.717, 1.165) is 19.0 Å². The molecule has 3 rings (SSSR count). The molecule has 1 unspecified atom stereocenters. The molecule has 1 atom stereocenters. The lowest BCUT2D eigenvalue weighted by Gasteiger charge is -2.46. The fourth-order valence-electron chi connectivity index (χ4n) is 2.85. The van der Waals surface area contributed by atoms with Crippen LogP contribution in [-0.4, -0.2) is 34.6 Å². The second-order valence-electron chi connectivity index (χ2n) is 6.38. The molecule has 1 aromatic heterocycles. The van der Waals surface area contributed by atoms with Crippen molar-refractivity contribution < 1.29 is 0 Å². The number of aromatic nitrogens is 1. The Kier molecular flexibility index (Phi) is 3.12. The molecule has 2 heterocycles. The summed E-state index contributed by atoms with van der Waals surface area (Å²) in [6, 6.07) is 4.91. The highest BCUT2D eigenvalue weighted by atomic mass is 15.3. The Bertz CT molecular complexity index is 397. The smallest absolute Gasteiger partial charge is 0.0312 e. The van der Waals surface area contributed by atoms with Gasteiger partial charge in [0.2, 0.25) is 0 Å². The van der Waals surface area contributed by atoms with Crippen LogP contribution in [0.2, 0.25) is 0 Å². The van der Waals surface area contributed by atoms with Gasteiger partial charge in [0, 0.05) is 43.6 Å². The van der Waals surface area contributed by atoms with Gasteiger partial charge >= 0.3 is 0 Å². The number of nitrogens with one attached hydrogen (secondary N) is 1. The largest absolute Gasteiger partial charge is 0.311 e. The predicted molar refractivity (Wildman–Crippen MR) is 73.2 cm³/mol. The summed E-state index contributed by atoms with van der Waals surface area (Å²) in [5.74, 6) is 0.928. The molecule has 1 saturated heterocycles. The molecule has 98 valence electrons. The highest BCUT2D eigenvalue weighted by Crippen LogP contribution is 2.35. The zero-order valence-corrected chi connectivity index (χ0v) is 11.4. The van der Waals surface area contributed by atoms with Gasteiger partial charge in [-0.05, 0) is 44.2 Å². The average molecular weight is 245 g/mol. The topological polar surface area (TPSA) is 28.2 Å². The zero-order chi connectivity index (χ0) is 12.6. The molecule has 0 spiro atoms. The summed E-state index contributed by atoms with van der Waals surface area (Å²) in [4.78, 5) is 6.84. The van der Waals surface area contributed by atoms with Crippen molar-refractivity contribution in [1.82, 2.24) is 15.2 Å². The minimum absolute atomic E-state index is 0.237. The summed E-state index contributed by atoms with van der Waals surface area (Å²) >= 11 is 0. The minimum atomic E-state index is 0.237. The van der Waals surface area contributed by atoms with Gasteiger partial charge in [0.25, 0.3) is 0 Å². The molecule has 1 aromatic rings. The maximum Gasteiger partial charge on any atom is 0.0312 e. The molecule has 3 nitrogen and oxygen atoms in total. The van der Waals surface area contributed by atoms with E-state index in [2.05, 4.69) is 35.1 Å². The second kappa shape index (κ2) is 4.63. The molecule has 0 bridgehead atoms. The van der Waals surface area contributed by atoms with Gasteiger partial charge in [-0.2, -0.15) is 0 Å². The van der Waals surface area contributed by atoms with E-state index in [4.69, 9.17) is 0 Å². The van der Waals surface area contributed by atoms with E-state index in [-0.39, 0.29) is 5.54 Å². The molecule has 2 fully saturated rings. The quantitative estimate of drug-likeness (QED) is 0.883. The second-order valence-corrected chi connectivity index (χ2v) is 6.38. The van der Waals surface area contributed by atoms with Crippen LogP contribution in [0.25, 0.3) is 0 Å². The first kappa shape index (κ1) is 12.1. The molecule has 1 saturated carbocycles. The standard InChI is InChI=1S/C15H23N3/c1-15(2)11-17-14(13-5-6-13)10-18(15)9-12-4-3-7-16-8-12/h3-4,7-8,13-14,17H,5-6,9-11H2,1-2H3. The van der Waals surface area contributed by atoms with Crippen molar-refractivity contribution in [1.29, 1.82) is 0 Å². The number of hydrogen-bond acceptors (Lipinski definition) is 3. The van der Waals surface area contributed by atoms with Crippen LogP contribution in [0.5, 0.6) is 0 Å². The first-order valence-electron chi connectivity index (χ1n) is 7.02. The van der Waals surface area contributed by atoms with Crippen molar-refractivity contribution in [3.8, 4) is 0 Å². The SMILES string of the molecule is CC1(C)CNC(C2CC2)CN1Cc1cccnc1. The van der Waals surface area contributed by atoms with E-state index < -0.39 is 0 Å². The number of piperazine rings is 1. The summed E-state index contributed by atoms with van der Waals surface area (Å²) in [5.41, 5.74) is 1.56. The van der Waals surface area contributed by atoms with E-state index in [1.54, 1.807) is 0 Å². The van der Waals surface area contributed by atoms with Crippen molar-refractivity contribution in [3.05, 3.63) is 30.1 Å². The van der Waals surface area contributed by atoms with E-state index in [9.17, 15) is 0 Å². The van der Waals surface area contributed by atoms with Crippen molar-refractivity contribution >= 4 is 0 Å². The van der Waals surface area contributed by atoms with Crippen molar-refractivity contribution in [2.45, 2.75) is 44.8 Å². The molecule has 1 N–H and O–H groups in total. The van der Waals surface area contributed by atoms with Crippen LogP contribution < -0.4 is 5.32 Å². The van der Waals surface area contributed by atoms with Crippen LogP contribution >= 0.6 is 0 Å². The highest BCUT2D eigenvalue weighted by Gasteiger charge is 2.40. The van der Waals surface area contributed by atoms with Gasteiger partial charge in [0.1, 0.15) is 0 Å². The first-order valence-corrected chi connectivity index (χ1v) is 7.02. The minimum Gasteiger partial charge on any atom is -0.311 e. The number of pyridine rings is 1. The molecular weight excluding hydrogens is 222 g/mol. The lowest BCUT2D eigenvalue weighted by Crippen LogP contribution is -2.62. The molecule has 18 heavy (non-hydrogen) atoms. The molecular formula is C15H23N3. The van der Waals surface area contributed by atoms with E-state index in [1.165, 1.54) is 24.9 Å². The maximum atomic E-state index is 4.22. The number of rotatable bonds is 3. The molecule has 2 aliphatic rings. The Hall–Kier alpha value is -0.930. The molecule has 0 radical (unpaired) electrons. The Morgan fingerprint density at radius 3 is 2.94 bits per heavy atom. The Balaban J connectivity index is 1.70. The van der Waals surface area contributed by atoms with Crippen molar-refractivity contribution in [2.75, 3.05) is 13.1 Å². The van der Waals surface area contributed by atoms with Crippen LogP contribution in [0.3, 0.4) is 0 Å². The zero-order valence-electron chi connectivity index (χ0n) is 11.4. The van der Waals surface area contributed by atoms with Crippen LogP contribution in [0.1, 0.15) is 32.3 Å². The summed E-state index contributed by atoms with van der Waals surface area (Å²) < 4.78 is 0. The van der Waals surface area contributed by atoms with Crippen LogP contribution in [0, 0.1) is 5.92 Å². The molecule has 3 heteroatoms. The van der Waals surface area contributed by atoms with Crippen LogP contribution in [0.4, 0.5) is 0 Å². The lowest BCUT2D eigenvalue weighted by atomic mass is 9.95. The normalized spacial score (nSPS) is 28.2. The Labute approximate surface area is 110 Å². The van der Waals surface area contributed by atoms with Gasteiger partial charge in [0.05, 0.1) is 0 Å².